The molecule has 0 radical (unpaired) electrons. The Kier molecular flexibility index (Phi) is 3.13. The fraction of sp³-hybridized carbons (Fsp3) is 1.00. The summed E-state index contributed by atoms with van der Waals surface area (Å²) in [6.45, 7) is 0. The van der Waals surface area contributed by atoms with Crippen LogP contribution < -0.4 is 0 Å². The molecule has 2 heteroatoms. The molecule has 60 valence electrons. The van der Waals surface area contributed by atoms with Crippen molar-refractivity contribution >= 4 is 9.24 Å². The quantitative estimate of drug-likeness (QED) is 0.527. The van der Waals surface area contributed by atoms with Gasteiger partial charge in [0.25, 0.3) is 0 Å². The fourth-order valence-corrected chi connectivity index (χ4v) is 2.00. The van der Waals surface area contributed by atoms with Crippen LogP contribution in [0.25, 0.3) is 0 Å². The molecule has 1 aliphatic rings. The smallest absolute Gasteiger partial charge is 0.00896 e. The zero-order valence-corrected chi connectivity index (χ0v) is 8.16. The molecule has 1 unspecified atom stereocenters. The molecular formula is C8H18NP. The van der Waals surface area contributed by atoms with E-state index in [1.54, 1.807) is 0 Å². The largest absolute Gasteiger partial charge is 0.306 e. The highest BCUT2D eigenvalue weighted by atomic mass is 31.0. The van der Waals surface area contributed by atoms with E-state index in [9.17, 15) is 0 Å². The zero-order valence-electron chi connectivity index (χ0n) is 7.01. The summed E-state index contributed by atoms with van der Waals surface area (Å²) in [5.41, 5.74) is 0.899. The third kappa shape index (κ3) is 2.21. The summed E-state index contributed by atoms with van der Waals surface area (Å²) in [6, 6.07) is 0.858. The van der Waals surface area contributed by atoms with Crippen LogP contribution >= 0.6 is 9.24 Å². The molecule has 0 spiro atoms. The van der Waals surface area contributed by atoms with E-state index in [-0.39, 0.29) is 0 Å². The number of nitrogens with zero attached hydrogens (tertiary/aromatic N) is 1. The summed E-state index contributed by atoms with van der Waals surface area (Å²) in [4.78, 5) is 2.36. The van der Waals surface area contributed by atoms with Gasteiger partial charge in [-0.2, -0.15) is 0 Å². The molecule has 1 aliphatic carbocycles. The fourth-order valence-electron chi connectivity index (χ4n) is 1.62. The lowest BCUT2D eigenvalue weighted by molar-refractivity contribution is 0.232. The van der Waals surface area contributed by atoms with Crippen LogP contribution in [0.3, 0.4) is 0 Å². The molecule has 0 aliphatic heterocycles. The third-order valence-corrected chi connectivity index (χ3v) is 3.14. The van der Waals surface area contributed by atoms with Crippen molar-refractivity contribution in [3.05, 3.63) is 0 Å². The number of hydrogen-bond donors (Lipinski definition) is 0. The van der Waals surface area contributed by atoms with Crippen LogP contribution in [0.1, 0.15) is 25.7 Å². The van der Waals surface area contributed by atoms with Gasteiger partial charge in [-0.3, -0.25) is 0 Å². The molecule has 0 heterocycles. The molecule has 0 bridgehead atoms. The van der Waals surface area contributed by atoms with Crippen molar-refractivity contribution in [2.75, 3.05) is 14.1 Å². The summed E-state index contributed by atoms with van der Waals surface area (Å²) in [5, 5.41) is 0. The topological polar surface area (TPSA) is 3.24 Å². The van der Waals surface area contributed by atoms with Crippen LogP contribution in [0, 0.1) is 0 Å². The lowest BCUT2D eigenvalue weighted by Crippen LogP contribution is -2.32. The Morgan fingerprint density at radius 1 is 1.10 bits per heavy atom. The molecule has 0 amide bonds. The van der Waals surface area contributed by atoms with Crippen molar-refractivity contribution < 1.29 is 0 Å². The van der Waals surface area contributed by atoms with E-state index in [1.165, 1.54) is 25.7 Å². The molecule has 10 heavy (non-hydrogen) atoms. The van der Waals surface area contributed by atoms with Crippen LogP contribution in [-0.2, 0) is 0 Å². The molecule has 1 saturated carbocycles. The zero-order chi connectivity index (χ0) is 7.56. The van der Waals surface area contributed by atoms with Gasteiger partial charge in [0, 0.05) is 6.04 Å². The maximum Gasteiger partial charge on any atom is 0.00896 e. The Morgan fingerprint density at radius 2 is 1.60 bits per heavy atom. The molecule has 1 nitrogen and oxygen atoms in total. The van der Waals surface area contributed by atoms with Crippen molar-refractivity contribution in [3.63, 3.8) is 0 Å². The van der Waals surface area contributed by atoms with Crippen molar-refractivity contribution in [1.29, 1.82) is 0 Å². The summed E-state index contributed by atoms with van der Waals surface area (Å²) in [7, 11) is 7.31. The Labute approximate surface area is 66.4 Å². The Hall–Kier alpha value is 0.390. The molecular weight excluding hydrogens is 141 g/mol. The van der Waals surface area contributed by atoms with E-state index >= 15 is 0 Å². The van der Waals surface area contributed by atoms with E-state index in [1.807, 2.05) is 0 Å². The van der Waals surface area contributed by atoms with Gasteiger partial charge in [-0.25, -0.2) is 0 Å². The number of hydrogen-bond acceptors (Lipinski definition) is 1. The standard InChI is InChI=1S/C8H18NP/c1-9(2)7-3-5-8(10)6-4-7/h7-8H,3-6,10H2,1-2H3/t7-,8+. The van der Waals surface area contributed by atoms with E-state index in [4.69, 9.17) is 0 Å². The van der Waals surface area contributed by atoms with Crippen LogP contribution in [0.2, 0.25) is 0 Å². The Morgan fingerprint density at radius 3 is 2.00 bits per heavy atom. The predicted molar refractivity (Wildman–Crippen MR) is 49.4 cm³/mol. The summed E-state index contributed by atoms with van der Waals surface area (Å²) >= 11 is 0. The first-order chi connectivity index (χ1) is 4.70. The van der Waals surface area contributed by atoms with Crippen molar-refractivity contribution in [2.24, 2.45) is 0 Å². The molecule has 1 rings (SSSR count). The normalized spacial score (nSPS) is 34.8. The first-order valence-corrected chi connectivity index (χ1v) is 4.79. The lowest BCUT2D eigenvalue weighted by atomic mass is 9.94. The van der Waals surface area contributed by atoms with Gasteiger partial charge >= 0.3 is 0 Å². The second-order valence-corrected chi connectivity index (χ2v) is 4.48. The highest BCUT2D eigenvalue weighted by molar-refractivity contribution is 7.17. The maximum atomic E-state index is 2.94. The average Bonchev–Trinajstić information content (AvgIpc) is 1.88. The molecule has 0 aromatic carbocycles. The van der Waals surface area contributed by atoms with Crippen LogP contribution in [-0.4, -0.2) is 30.7 Å². The maximum absolute atomic E-state index is 2.94. The van der Waals surface area contributed by atoms with Gasteiger partial charge in [0.15, 0.2) is 0 Å². The van der Waals surface area contributed by atoms with Crippen LogP contribution in [0.4, 0.5) is 0 Å². The Balaban J connectivity index is 2.26. The van der Waals surface area contributed by atoms with Gasteiger partial charge in [-0.05, 0) is 45.4 Å². The second kappa shape index (κ2) is 3.69. The van der Waals surface area contributed by atoms with Gasteiger partial charge in [0.2, 0.25) is 0 Å². The van der Waals surface area contributed by atoms with Gasteiger partial charge in [-0.15, -0.1) is 9.24 Å². The highest BCUT2D eigenvalue weighted by Crippen LogP contribution is 2.26. The van der Waals surface area contributed by atoms with Crippen molar-refractivity contribution in [3.8, 4) is 0 Å². The Bertz CT molecular complexity index is 95.4. The van der Waals surface area contributed by atoms with Gasteiger partial charge in [0.05, 0.1) is 0 Å². The minimum Gasteiger partial charge on any atom is -0.306 e. The van der Waals surface area contributed by atoms with E-state index in [0.717, 1.165) is 11.7 Å². The highest BCUT2D eigenvalue weighted by Gasteiger charge is 2.18. The first kappa shape index (κ1) is 8.49. The van der Waals surface area contributed by atoms with E-state index < -0.39 is 0 Å². The molecule has 0 aromatic rings. The van der Waals surface area contributed by atoms with Gasteiger partial charge in [0.1, 0.15) is 0 Å². The monoisotopic (exact) mass is 159 g/mol. The summed E-state index contributed by atoms with van der Waals surface area (Å²) in [6.07, 6.45) is 5.57. The molecule has 1 fully saturated rings. The van der Waals surface area contributed by atoms with Crippen molar-refractivity contribution in [2.45, 2.75) is 37.4 Å². The molecule has 0 saturated heterocycles. The first-order valence-electron chi connectivity index (χ1n) is 4.12. The molecule has 0 N–H and O–H groups in total. The van der Waals surface area contributed by atoms with Gasteiger partial charge in [-0.1, -0.05) is 0 Å². The second-order valence-electron chi connectivity index (χ2n) is 3.53. The number of rotatable bonds is 1. The molecule has 1 atom stereocenters. The van der Waals surface area contributed by atoms with Gasteiger partial charge < -0.3 is 4.90 Å². The average molecular weight is 159 g/mol. The predicted octanol–water partition coefficient (Wildman–Crippen LogP) is 1.73. The summed E-state index contributed by atoms with van der Waals surface area (Å²) < 4.78 is 0. The third-order valence-electron chi connectivity index (χ3n) is 2.47. The van der Waals surface area contributed by atoms with Crippen molar-refractivity contribution in [1.82, 2.24) is 4.90 Å². The van der Waals surface area contributed by atoms with E-state index in [0.29, 0.717) is 0 Å². The lowest BCUT2D eigenvalue weighted by Gasteiger charge is -2.30. The molecule has 0 aromatic heterocycles. The van der Waals surface area contributed by atoms with Crippen LogP contribution in [0.5, 0.6) is 0 Å². The minimum absolute atomic E-state index is 0.858. The summed E-state index contributed by atoms with van der Waals surface area (Å²) in [5.74, 6) is 0. The van der Waals surface area contributed by atoms with Crippen LogP contribution in [0.15, 0.2) is 0 Å². The minimum atomic E-state index is 0.858. The van der Waals surface area contributed by atoms with E-state index in [2.05, 4.69) is 28.2 Å². The SMILES string of the molecule is CN(C)[C@H]1CC[C@@H](P)CC1.